The monoisotopic (exact) mass is 344 g/mol. The van der Waals surface area contributed by atoms with Crippen molar-refractivity contribution in [2.24, 2.45) is 5.16 Å². The number of nitrogens with zero attached hydrogens (tertiary/aromatic N) is 4. The highest BCUT2D eigenvalue weighted by Crippen LogP contribution is 2.33. The van der Waals surface area contributed by atoms with E-state index in [1.165, 1.54) is 19.4 Å². The van der Waals surface area contributed by atoms with Crippen molar-refractivity contribution in [2.75, 3.05) is 19.0 Å². The Kier molecular flexibility index (Phi) is 5.21. The van der Waals surface area contributed by atoms with Crippen molar-refractivity contribution in [3.63, 3.8) is 0 Å². The molecule has 2 rings (SSSR count). The van der Waals surface area contributed by atoms with Gasteiger partial charge in [0, 0.05) is 25.9 Å². The Balaban J connectivity index is 2.51. The van der Waals surface area contributed by atoms with E-state index in [1.807, 2.05) is 0 Å². The Labute approximate surface area is 145 Å². The summed E-state index contributed by atoms with van der Waals surface area (Å²) < 4.78 is 5.83. The molecule has 1 heterocycles. The fourth-order valence-corrected chi connectivity index (χ4v) is 2.31. The van der Waals surface area contributed by atoms with E-state index >= 15 is 0 Å². The largest absolute Gasteiger partial charge is 0.478 e. The highest BCUT2D eigenvalue weighted by atomic mass is 16.5. The van der Waals surface area contributed by atoms with Crippen LogP contribution in [0.1, 0.15) is 25.0 Å². The second kappa shape index (κ2) is 7.16. The van der Waals surface area contributed by atoms with Gasteiger partial charge in [-0.1, -0.05) is 17.3 Å². The molecule has 8 nitrogen and oxygen atoms in total. The number of rotatable bonds is 6. The first-order valence-corrected chi connectivity index (χ1v) is 7.49. The maximum absolute atomic E-state index is 12.0. The molecule has 0 aliphatic carbocycles. The third kappa shape index (κ3) is 3.68. The van der Waals surface area contributed by atoms with Crippen LogP contribution in [0.4, 0.5) is 5.82 Å². The van der Waals surface area contributed by atoms with Gasteiger partial charge < -0.3 is 20.0 Å². The molecule has 8 heteroatoms. The molecule has 0 saturated carbocycles. The van der Waals surface area contributed by atoms with Crippen LogP contribution in [0.25, 0.3) is 0 Å². The lowest BCUT2D eigenvalue weighted by Crippen LogP contribution is -2.40. The van der Waals surface area contributed by atoms with Gasteiger partial charge in [-0.3, -0.25) is 0 Å². The van der Waals surface area contributed by atoms with E-state index in [-0.39, 0.29) is 0 Å². The van der Waals surface area contributed by atoms with Gasteiger partial charge in [0.2, 0.25) is 5.60 Å². The summed E-state index contributed by atoms with van der Waals surface area (Å²) >= 11 is 0. The van der Waals surface area contributed by atoms with Gasteiger partial charge in [-0.15, -0.1) is 0 Å². The van der Waals surface area contributed by atoms with Crippen LogP contribution in [0.2, 0.25) is 0 Å². The lowest BCUT2D eigenvalue weighted by atomic mass is 9.97. The molecule has 2 N–H and O–H groups in total. The second-order valence-electron chi connectivity index (χ2n) is 5.81. The van der Waals surface area contributed by atoms with Gasteiger partial charge in [-0.2, -0.15) is 0 Å². The molecule has 0 fully saturated rings. The fraction of sp³-hybridized carbons (Fsp3) is 0.294. The van der Waals surface area contributed by atoms with Crippen molar-refractivity contribution in [2.45, 2.75) is 19.4 Å². The zero-order valence-electron chi connectivity index (χ0n) is 14.5. The molecule has 0 spiro atoms. The summed E-state index contributed by atoms with van der Waals surface area (Å²) in [5, 5.41) is 21.9. The maximum atomic E-state index is 12.0. The van der Waals surface area contributed by atoms with Crippen molar-refractivity contribution >= 4 is 17.5 Å². The molecule has 1 aromatic heterocycles. The van der Waals surface area contributed by atoms with E-state index in [9.17, 15) is 9.90 Å². The van der Waals surface area contributed by atoms with Crippen LogP contribution in [-0.2, 0) is 10.4 Å². The van der Waals surface area contributed by atoms with Gasteiger partial charge in [-0.05, 0) is 26.0 Å². The topological polar surface area (TPSA) is 108 Å². The third-order valence-electron chi connectivity index (χ3n) is 3.76. The molecule has 2 aromatic rings. The van der Waals surface area contributed by atoms with Crippen LogP contribution < -0.4 is 9.64 Å². The van der Waals surface area contributed by atoms with E-state index in [0.29, 0.717) is 28.4 Å². The molecule has 0 amide bonds. The van der Waals surface area contributed by atoms with Crippen molar-refractivity contribution in [1.82, 2.24) is 9.97 Å². The predicted octanol–water partition coefficient (Wildman–Crippen LogP) is 2.12. The number of oxime groups is 1. The Morgan fingerprint density at radius 1 is 1.36 bits per heavy atom. The quantitative estimate of drug-likeness (QED) is 0.469. The number of aliphatic carboxylic acids is 1. The summed E-state index contributed by atoms with van der Waals surface area (Å²) in [4.78, 5) is 21.8. The minimum atomic E-state index is -1.70. The van der Waals surface area contributed by atoms with Crippen LogP contribution in [0.3, 0.4) is 0 Å². The summed E-state index contributed by atoms with van der Waals surface area (Å²) in [5.41, 5.74) is -0.376. The zero-order valence-corrected chi connectivity index (χ0v) is 14.5. The lowest BCUT2D eigenvalue weighted by molar-refractivity contribution is -0.154. The zero-order chi connectivity index (χ0) is 18.6. The number of carboxylic acids is 1. The van der Waals surface area contributed by atoms with E-state index < -0.39 is 11.6 Å². The van der Waals surface area contributed by atoms with Crippen molar-refractivity contribution in [1.29, 1.82) is 0 Å². The van der Waals surface area contributed by atoms with Gasteiger partial charge in [0.15, 0.2) is 0 Å². The Morgan fingerprint density at radius 2 is 2.08 bits per heavy atom. The molecule has 1 atom stereocenters. The average Bonchev–Trinajstić information content (AvgIpc) is 2.60. The normalized spacial score (nSPS) is 13.8. The Bertz CT molecular complexity index is 807. The summed E-state index contributed by atoms with van der Waals surface area (Å²) in [6, 6.07) is 6.66. The van der Waals surface area contributed by atoms with Crippen molar-refractivity contribution < 1.29 is 19.8 Å². The first-order chi connectivity index (χ1) is 11.8. The molecule has 1 unspecified atom stereocenters. The summed E-state index contributed by atoms with van der Waals surface area (Å²) in [6.07, 6.45) is 2.78. The van der Waals surface area contributed by atoms with E-state index in [1.54, 1.807) is 50.2 Å². The molecule has 0 radical (unpaired) electrons. The number of anilines is 1. The highest BCUT2D eigenvalue weighted by Gasteiger charge is 2.41. The van der Waals surface area contributed by atoms with Gasteiger partial charge in [-0.25, -0.2) is 14.8 Å². The van der Waals surface area contributed by atoms with Crippen molar-refractivity contribution in [3.8, 4) is 5.75 Å². The SMILES string of the molecule is C/C(=N\O)c1cccc(OC(C)(C(=O)O)c2cncnc2N(C)C)c1. The first kappa shape index (κ1) is 18.2. The number of carbonyl (C=O) groups is 1. The van der Waals surface area contributed by atoms with E-state index in [4.69, 9.17) is 9.94 Å². The van der Waals surface area contributed by atoms with Crippen molar-refractivity contribution in [3.05, 3.63) is 47.9 Å². The standard InChI is InChI=1S/C17H20N4O4/c1-11(20-24)12-6-5-7-13(8-12)25-17(2,16(22)23)14-9-18-10-19-15(14)21(3)4/h5-10,24H,1-4H3,(H,22,23)/b20-11+. The molecule has 0 aliphatic heterocycles. The molecule has 0 saturated heterocycles. The highest BCUT2D eigenvalue weighted by molar-refractivity contribution is 5.98. The van der Waals surface area contributed by atoms with E-state index in [0.717, 1.165) is 0 Å². The lowest BCUT2D eigenvalue weighted by Gasteiger charge is -2.29. The van der Waals surface area contributed by atoms with Crippen LogP contribution in [0, 0.1) is 0 Å². The van der Waals surface area contributed by atoms with Crippen LogP contribution in [0.5, 0.6) is 5.75 Å². The molecule has 25 heavy (non-hydrogen) atoms. The molecule has 0 aliphatic rings. The average molecular weight is 344 g/mol. The summed E-state index contributed by atoms with van der Waals surface area (Å²) in [5.74, 6) is -0.411. The molecule has 0 bridgehead atoms. The number of aromatic nitrogens is 2. The number of hydrogen-bond donors (Lipinski definition) is 2. The van der Waals surface area contributed by atoms with Crippen LogP contribution >= 0.6 is 0 Å². The van der Waals surface area contributed by atoms with E-state index in [2.05, 4.69) is 15.1 Å². The number of carboxylic acid groups (broad SMARTS) is 1. The third-order valence-corrected chi connectivity index (χ3v) is 3.76. The maximum Gasteiger partial charge on any atom is 0.352 e. The first-order valence-electron chi connectivity index (χ1n) is 7.49. The Hall–Kier alpha value is -3.16. The van der Waals surface area contributed by atoms with Crippen LogP contribution in [-0.4, -0.2) is 46.1 Å². The minimum absolute atomic E-state index is 0.318. The number of benzene rings is 1. The van der Waals surface area contributed by atoms with Gasteiger partial charge in [0.1, 0.15) is 17.9 Å². The summed E-state index contributed by atoms with van der Waals surface area (Å²) in [6.45, 7) is 3.07. The van der Waals surface area contributed by atoms with Crippen LogP contribution in [0.15, 0.2) is 41.9 Å². The molecule has 132 valence electrons. The fourth-order valence-electron chi connectivity index (χ4n) is 2.31. The summed E-state index contributed by atoms with van der Waals surface area (Å²) in [7, 11) is 3.52. The number of hydrogen-bond acceptors (Lipinski definition) is 7. The Morgan fingerprint density at radius 3 is 2.68 bits per heavy atom. The van der Waals surface area contributed by atoms with Gasteiger partial charge in [0.05, 0.1) is 11.3 Å². The molecular formula is C17H20N4O4. The van der Waals surface area contributed by atoms with Gasteiger partial charge in [0.25, 0.3) is 0 Å². The predicted molar refractivity (Wildman–Crippen MR) is 92.4 cm³/mol. The number of ether oxygens (including phenoxy) is 1. The molecular weight excluding hydrogens is 324 g/mol. The second-order valence-corrected chi connectivity index (χ2v) is 5.81. The molecule has 1 aromatic carbocycles. The smallest absolute Gasteiger partial charge is 0.352 e. The van der Waals surface area contributed by atoms with Gasteiger partial charge >= 0.3 is 5.97 Å². The minimum Gasteiger partial charge on any atom is -0.478 e.